The molecule has 2 N–H and O–H groups in total. The summed E-state index contributed by atoms with van der Waals surface area (Å²) >= 11 is 0. The van der Waals surface area contributed by atoms with Crippen LogP contribution in [0.25, 0.3) is 10.9 Å². The Hall–Kier alpha value is -2.39. The maximum atomic E-state index is 6.15. The maximum Gasteiger partial charge on any atom is 0.132 e. The van der Waals surface area contributed by atoms with Crippen molar-refractivity contribution in [3.8, 4) is 11.5 Å². The van der Waals surface area contributed by atoms with Crippen molar-refractivity contribution in [1.82, 2.24) is 4.98 Å². The lowest BCUT2D eigenvalue weighted by Gasteiger charge is -2.15. The number of rotatable bonds is 4. The lowest BCUT2D eigenvalue weighted by molar-refractivity contribution is 0.469. The minimum absolute atomic E-state index is 0.0141. The summed E-state index contributed by atoms with van der Waals surface area (Å²) in [6.07, 6.45) is 2.66. The number of nitrogens with zero attached hydrogens (tertiary/aromatic N) is 1. The zero-order chi connectivity index (χ0) is 14.7. The lowest BCUT2D eigenvalue weighted by Crippen LogP contribution is -2.09. The molecule has 3 nitrogen and oxygen atoms in total. The Morgan fingerprint density at radius 1 is 1.10 bits per heavy atom. The van der Waals surface area contributed by atoms with Gasteiger partial charge in [0, 0.05) is 29.3 Å². The van der Waals surface area contributed by atoms with Crippen molar-refractivity contribution < 1.29 is 4.74 Å². The molecule has 0 fully saturated rings. The van der Waals surface area contributed by atoms with E-state index >= 15 is 0 Å². The van der Waals surface area contributed by atoms with Crippen molar-refractivity contribution in [2.75, 3.05) is 0 Å². The highest BCUT2D eigenvalue weighted by atomic mass is 16.5. The molecule has 0 radical (unpaired) electrons. The Labute approximate surface area is 124 Å². The van der Waals surface area contributed by atoms with Crippen molar-refractivity contribution in [3.63, 3.8) is 0 Å². The van der Waals surface area contributed by atoms with Gasteiger partial charge in [0.25, 0.3) is 0 Å². The predicted octanol–water partition coefficient (Wildman–Crippen LogP) is 4.44. The Bertz CT molecular complexity index is 755. The van der Waals surface area contributed by atoms with Gasteiger partial charge in [-0.1, -0.05) is 31.2 Å². The molecule has 1 atom stereocenters. The summed E-state index contributed by atoms with van der Waals surface area (Å²) in [4.78, 5) is 4.35. The van der Waals surface area contributed by atoms with Crippen LogP contribution < -0.4 is 10.5 Å². The maximum absolute atomic E-state index is 6.15. The Morgan fingerprint density at radius 3 is 2.81 bits per heavy atom. The quantitative estimate of drug-likeness (QED) is 0.767. The first-order chi connectivity index (χ1) is 10.3. The Morgan fingerprint density at radius 2 is 1.95 bits per heavy atom. The molecule has 106 valence electrons. The van der Waals surface area contributed by atoms with Gasteiger partial charge >= 0.3 is 0 Å². The number of nitrogens with two attached hydrogens (primary N) is 1. The van der Waals surface area contributed by atoms with Crippen LogP contribution in [0.1, 0.15) is 24.9 Å². The van der Waals surface area contributed by atoms with E-state index in [1.165, 1.54) is 0 Å². The molecule has 2 aromatic carbocycles. The van der Waals surface area contributed by atoms with E-state index in [2.05, 4.69) is 11.9 Å². The number of hydrogen-bond acceptors (Lipinski definition) is 3. The van der Waals surface area contributed by atoms with Crippen LogP contribution in [0.2, 0.25) is 0 Å². The van der Waals surface area contributed by atoms with E-state index < -0.39 is 0 Å². The highest BCUT2D eigenvalue weighted by Gasteiger charge is 2.10. The number of benzene rings is 2. The summed E-state index contributed by atoms with van der Waals surface area (Å²) in [6, 6.07) is 17.8. The van der Waals surface area contributed by atoms with E-state index in [4.69, 9.17) is 10.5 Å². The van der Waals surface area contributed by atoms with Crippen LogP contribution in [-0.2, 0) is 0 Å². The van der Waals surface area contributed by atoms with Crippen LogP contribution in [-0.4, -0.2) is 4.98 Å². The SMILES string of the molecule is CCC(N)c1ccccc1Oc1ccc2cccnc2c1. The zero-order valence-electron chi connectivity index (χ0n) is 12.0. The zero-order valence-corrected chi connectivity index (χ0v) is 12.0. The first kappa shape index (κ1) is 13.6. The molecule has 1 unspecified atom stereocenters. The van der Waals surface area contributed by atoms with Crippen LogP contribution in [0.3, 0.4) is 0 Å². The molecule has 0 aliphatic heterocycles. The third kappa shape index (κ3) is 2.88. The smallest absolute Gasteiger partial charge is 0.132 e. The van der Waals surface area contributed by atoms with Crippen LogP contribution in [0.5, 0.6) is 11.5 Å². The second kappa shape index (κ2) is 5.94. The number of para-hydroxylation sites is 1. The monoisotopic (exact) mass is 278 g/mol. The van der Waals surface area contributed by atoms with Gasteiger partial charge in [-0.25, -0.2) is 0 Å². The molecule has 21 heavy (non-hydrogen) atoms. The molecule has 0 spiro atoms. The Kier molecular flexibility index (Phi) is 3.84. The normalized spacial score (nSPS) is 12.3. The first-order valence-corrected chi connectivity index (χ1v) is 7.15. The summed E-state index contributed by atoms with van der Waals surface area (Å²) in [5.74, 6) is 1.58. The molecule has 0 saturated carbocycles. The van der Waals surface area contributed by atoms with E-state index in [9.17, 15) is 0 Å². The summed E-state index contributed by atoms with van der Waals surface area (Å²) in [6.45, 7) is 2.07. The molecule has 0 aliphatic carbocycles. The lowest BCUT2D eigenvalue weighted by atomic mass is 10.0. The van der Waals surface area contributed by atoms with Crippen molar-refractivity contribution >= 4 is 10.9 Å². The average Bonchev–Trinajstić information content (AvgIpc) is 2.54. The molecule has 0 bridgehead atoms. The second-order valence-electron chi connectivity index (χ2n) is 5.01. The molecular weight excluding hydrogens is 260 g/mol. The second-order valence-corrected chi connectivity index (χ2v) is 5.01. The summed E-state index contributed by atoms with van der Waals surface area (Å²) in [5.41, 5.74) is 8.10. The Balaban J connectivity index is 1.95. The van der Waals surface area contributed by atoms with Gasteiger partial charge in [0.05, 0.1) is 5.52 Å². The third-order valence-corrected chi connectivity index (χ3v) is 3.56. The number of hydrogen-bond donors (Lipinski definition) is 1. The van der Waals surface area contributed by atoms with E-state index in [0.29, 0.717) is 0 Å². The molecule has 3 rings (SSSR count). The molecule has 1 heterocycles. The summed E-state index contributed by atoms with van der Waals surface area (Å²) in [5, 5.41) is 1.10. The molecule has 1 aromatic heterocycles. The third-order valence-electron chi connectivity index (χ3n) is 3.56. The van der Waals surface area contributed by atoms with Gasteiger partial charge in [0.1, 0.15) is 11.5 Å². The fraction of sp³-hybridized carbons (Fsp3) is 0.167. The highest BCUT2D eigenvalue weighted by molar-refractivity contribution is 5.79. The minimum atomic E-state index is -0.0141. The molecule has 0 amide bonds. The fourth-order valence-corrected chi connectivity index (χ4v) is 2.34. The first-order valence-electron chi connectivity index (χ1n) is 7.15. The van der Waals surface area contributed by atoms with E-state index in [1.54, 1.807) is 6.20 Å². The topological polar surface area (TPSA) is 48.1 Å². The van der Waals surface area contributed by atoms with E-state index in [-0.39, 0.29) is 6.04 Å². The van der Waals surface area contributed by atoms with E-state index in [1.807, 2.05) is 54.6 Å². The van der Waals surface area contributed by atoms with Crippen molar-refractivity contribution in [2.24, 2.45) is 5.73 Å². The van der Waals surface area contributed by atoms with Gasteiger partial charge in [-0.2, -0.15) is 0 Å². The predicted molar refractivity (Wildman–Crippen MR) is 85.5 cm³/mol. The van der Waals surface area contributed by atoms with E-state index in [0.717, 1.165) is 34.4 Å². The largest absolute Gasteiger partial charge is 0.457 e. The van der Waals surface area contributed by atoms with Crippen LogP contribution in [0, 0.1) is 0 Å². The van der Waals surface area contributed by atoms with Crippen molar-refractivity contribution in [1.29, 1.82) is 0 Å². The van der Waals surface area contributed by atoms with Gasteiger partial charge in [-0.15, -0.1) is 0 Å². The number of aromatic nitrogens is 1. The molecular formula is C18H18N2O. The van der Waals surface area contributed by atoms with Crippen LogP contribution >= 0.6 is 0 Å². The van der Waals surface area contributed by atoms with Gasteiger partial charge < -0.3 is 10.5 Å². The summed E-state index contributed by atoms with van der Waals surface area (Å²) < 4.78 is 6.02. The van der Waals surface area contributed by atoms with Gasteiger partial charge in [0.15, 0.2) is 0 Å². The van der Waals surface area contributed by atoms with Gasteiger partial charge in [-0.3, -0.25) is 4.98 Å². The van der Waals surface area contributed by atoms with Gasteiger partial charge in [0.2, 0.25) is 0 Å². The minimum Gasteiger partial charge on any atom is -0.457 e. The molecule has 3 aromatic rings. The fourth-order valence-electron chi connectivity index (χ4n) is 2.34. The van der Waals surface area contributed by atoms with Crippen molar-refractivity contribution in [2.45, 2.75) is 19.4 Å². The summed E-state index contributed by atoms with van der Waals surface area (Å²) in [7, 11) is 0. The number of ether oxygens (including phenoxy) is 1. The van der Waals surface area contributed by atoms with Crippen LogP contribution in [0.4, 0.5) is 0 Å². The molecule has 0 aliphatic rings. The number of fused-ring (bicyclic) bond motifs is 1. The molecule has 3 heteroatoms. The standard InChI is InChI=1S/C18H18N2O/c1-2-16(19)15-7-3-4-8-18(15)21-14-10-9-13-6-5-11-20-17(13)12-14/h3-12,16H,2,19H2,1H3. The number of pyridine rings is 1. The van der Waals surface area contributed by atoms with Crippen LogP contribution in [0.15, 0.2) is 60.8 Å². The average molecular weight is 278 g/mol. The molecule has 0 saturated heterocycles. The van der Waals surface area contributed by atoms with Gasteiger partial charge in [-0.05, 0) is 30.7 Å². The highest BCUT2D eigenvalue weighted by Crippen LogP contribution is 2.30. The van der Waals surface area contributed by atoms with Crippen molar-refractivity contribution in [3.05, 3.63) is 66.4 Å².